The van der Waals surface area contributed by atoms with Gasteiger partial charge in [-0.15, -0.1) is 0 Å². The molecule has 0 saturated carbocycles. The molecule has 0 rings (SSSR count). The van der Waals surface area contributed by atoms with Crippen molar-refractivity contribution < 1.29 is 28.2 Å². The molecule has 1 N–H and O–H groups in total. The SMILES string of the molecule is CCOC=C(C(=O)O)C(=O)CC(F)F. The Hall–Kier alpha value is -1.46. The quantitative estimate of drug-likeness (QED) is 0.308. The summed E-state index contributed by atoms with van der Waals surface area (Å²) in [7, 11) is 0. The average Bonchev–Trinajstić information content (AvgIpc) is 2.02. The number of hydrogen-bond acceptors (Lipinski definition) is 3. The first-order valence-corrected chi connectivity index (χ1v) is 3.85. The van der Waals surface area contributed by atoms with Gasteiger partial charge in [0.15, 0.2) is 5.78 Å². The summed E-state index contributed by atoms with van der Waals surface area (Å²) >= 11 is 0. The van der Waals surface area contributed by atoms with Crippen LogP contribution in [-0.2, 0) is 14.3 Å². The van der Waals surface area contributed by atoms with Crippen LogP contribution >= 0.6 is 0 Å². The Kier molecular flexibility index (Phi) is 5.43. The molecule has 0 aliphatic carbocycles. The number of carboxylic acid groups (broad SMARTS) is 1. The highest BCUT2D eigenvalue weighted by atomic mass is 19.3. The van der Waals surface area contributed by atoms with E-state index in [1.165, 1.54) is 0 Å². The molecule has 0 unspecified atom stereocenters. The number of ketones is 1. The molecule has 14 heavy (non-hydrogen) atoms. The van der Waals surface area contributed by atoms with E-state index in [4.69, 9.17) is 5.11 Å². The summed E-state index contributed by atoms with van der Waals surface area (Å²) in [5.41, 5.74) is -0.757. The molecule has 0 aromatic rings. The molecular weight excluding hydrogens is 198 g/mol. The molecule has 0 bridgehead atoms. The zero-order valence-electron chi connectivity index (χ0n) is 7.50. The standard InChI is InChI=1S/C8H10F2O4/c1-2-14-4-5(8(12)13)6(11)3-7(9)10/h4,7H,2-3H2,1H3,(H,12,13). The first-order valence-electron chi connectivity index (χ1n) is 3.85. The summed E-state index contributed by atoms with van der Waals surface area (Å²) in [4.78, 5) is 21.3. The van der Waals surface area contributed by atoms with E-state index >= 15 is 0 Å². The van der Waals surface area contributed by atoms with Crippen LogP contribution in [0.1, 0.15) is 13.3 Å². The summed E-state index contributed by atoms with van der Waals surface area (Å²) < 4.78 is 28.0. The average molecular weight is 208 g/mol. The lowest BCUT2D eigenvalue weighted by molar-refractivity contribution is -0.135. The van der Waals surface area contributed by atoms with Crippen LogP contribution < -0.4 is 0 Å². The first-order chi connectivity index (χ1) is 6.49. The lowest BCUT2D eigenvalue weighted by Crippen LogP contribution is -2.15. The monoisotopic (exact) mass is 208 g/mol. The molecule has 0 aliphatic rings. The van der Waals surface area contributed by atoms with Gasteiger partial charge in [0, 0.05) is 0 Å². The van der Waals surface area contributed by atoms with E-state index in [1.54, 1.807) is 6.92 Å². The van der Waals surface area contributed by atoms with E-state index < -0.39 is 30.2 Å². The smallest absolute Gasteiger partial charge is 0.342 e. The normalized spacial score (nSPS) is 11.6. The summed E-state index contributed by atoms with van der Waals surface area (Å²) in [6.07, 6.45) is -3.27. The maximum Gasteiger partial charge on any atom is 0.342 e. The minimum atomic E-state index is -2.85. The molecule has 80 valence electrons. The molecule has 0 fully saturated rings. The van der Waals surface area contributed by atoms with Gasteiger partial charge < -0.3 is 9.84 Å². The van der Waals surface area contributed by atoms with E-state index in [0.717, 1.165) is 0 Å². The van der Waals surface area contributed by atoms with Gasteiger partial charge in [-0.1, -0.05) is 0 Å². The fourth-order valence-corrected chi connectivity index (χ4v) is 0.652. The Bertz CT molecular complexity index is 248. The molecule has 0 saturated heterocycles. The van der Waals surface area contributed by atoms with Crippen molar-refractivity contribution >= 4 is 11.8 Å². The number of carbonyl (C=O) groups is 2. The van der Waals surface area contributed by atoms with Gasteiger partial charge in [0.05, 0.1) is 13.0 Å². The number of Topliss-reactive ketones (excluding diaryl/α,β-unsaturated/α-hetero) is 1. The predicted molar refractivity (Wildman–Crippen MR) is 43.0 cm³/mol. The molecule has 0 aromatic heterocycles. The predicted octanol–water partition coefficient (Wildman–Crippen LogP) is 1.22. The zero-order chi connectivity index (χ0) is 11.1. The molecule has 0 radical (unpaired) electrons. The van der Waals surface area contributed by atoms with E-state index in [1.807, 2.05) is 0 Å². The molecule has 0 aliphatic heterocycles. The summed E-state index contributed by atoms with van der Waals surface area (Å²) in [5, 5.41) is 8.47. The second-order valence-electron chi connectivity index (χ2n) is 2.31. The summed E-state index contributed by atoms with van der Waals surface area (Å²) in [5.74, 6) is -2.70. The van der Waals surface area contributed by atoms with Crippen LogP contribution in [-0.4, -0.2) is 29.9 Å². The molecule has 0 atom stereocenters. The van der Waals surface area contributed by atoms with Crippen molar-refractivity contribution in [1.29, 1.82) is 0 Å². The third-order valence-electron chi connectivity index (χ3n) is 1.24. The van der Waals surface area contributed by atoms with Crippen LogP contribution in [0.3, 0.4) is 0 Å². The van der Waals surface area contributed by atoms with Crippen molar-refractivity contribution in [2.24, 2.45) is 0 Å². The Labute approximate surface area is 79.2 Å². The van der Waals surface area contributed by atoms with Gasteiger partial charge in [-0.2, -0.15) is 0 Å². The fraction of sp³-hybridized carbons (Fsp3) is 0.500. The minimum Gasteiger partial charge on any atom is -0.500 e. The summed E-state index contributed by atoms with van der Waals surface area (Å²) in [6, 6.07) is 0. The van der Waals surface area contributed by atoms with E-state index in [9.17, 15) is 18.4 Å². The van der Waals surface area contributed by atoms with Gasteiger partial charge in [0.1, 0.15) is 11.8 Å². The number of aliphatic carboxylic acids is 1. The Morgan fingerprint density at radius 1 is 1.50 bits per heavy atom. The lowest BCUT2D eigenvalue weighted by Gasteiger charge is -2.01. The van der Waals surface area contributed by atoms with Crippen molar-refractivity contribution in [3.05, 3.63) is 11.8 Å². The topological polar surface area (TPSA) is 63.6 Å². The van der Waals surface area contributed by atoms with Crippen LogP contribution in [0.25, 0.3) is 0 Å². The second-order valence-corrected chi connectivity index (χ2v) is 2.31. The van der Waals surface area contributed by atoms with Crippen molar-refractivity contribution in [3.8, 4) is 0 Å². The summed E-state index contributed by atoms with van der Waals surface area (Å²) in [6.45, 7) is 1.74. The fourth-order valence-electron chi connectivity index (χ4n) is 0.652. The van der Waals surface area contributed by atoms with Gasteiger partial charge in [-0.25, -0.2) is 13.6 Å². The van der Waals surface area contributed by atoms with Crippen LogP contribution in [0.5, 0.6) is 0 Å². The van der Waals surface area contributed by atoms with Gasteiger partial charge in [0.25, 0.3) is 0 Å². The molecule has 6 heteroatoms. The van der Waals surface area contributed by atoms with Crippen LogP contribution in [0.15, 0.2) is 11.8 Å². The maximum atomic E-state index is 11.7. The molecule has 4 nitrogen and oxygen atoms in total. The number of rotatable bonds is 6. The van der Waals surface area contributed by atoms with Gasteiger partial charge in [0.2, 0.25) is 6.43 Å². The number of halogens is 2. The van der Waals surface area contributed by atoms with Crippen molar-refractivity contribution in [2.45, 2.75) is 19.8 Å². The minimum absolute atomic E-state index is 0.165. The van der Waals surface area contributed by atoms with Crippen molar-refractivity contribution in [2.75, 3.05) is 6.61 Å². The highest BCUT2D eigenvalue weighted by Gasteiger charge is 2.21. The highest BCUT2D eigenvalue weighted by Crippen LogP contribution is 2.07. The number of carbonyl (C=O) groups excluding carboxylic acids is 1. The van der Waals surface area contributed by atoms with E-state index in [-0.39, 0.29) is 6.61 Å². The molecule has 0 heterocycles. The number of alkyl halides is 2. The van der Waals surface area contributed by atoms with Crippen molar-refractivity contribution in [1.82, 2.24) is 0 Å². The Morgan fingerprint density at radius 3 is 2.43 bits per heavy atom. The van der Waals surface area contributed by atoms with Crippen LogP contribution in [0, 0.1) is 0 Å². The van der Waals surface area contributed by atoms with E-state index in [2.05, 4.69) is 4.74 Å². The zero-order valence-corrected chi connectivity index (χ0v) is 7.50. The lowest BCUT2D eigenvalue weighted by atomic mass is 10.1. The van der Waals surface area contributed by atoms with Gasteiger partial charge in [-0.05, 0) is 6.92 Å². The highest BCUT2D eigenvalue weighted by molar-refractivity contribution is 6.16. The van der Waals surface area contributed by atoms with Gasteiger partial charge in [-0.3, -0.25) is 4.79 Å². The number of ether oxygens (including phenoxy) is 1. The first kappa shape index (κ1) is 12.5. The third-order valence-corrected chi connectivity index (χ3v) is 1.24. The largest absolute Gasteiger partial charge is 0.500 e. The molecule has 0 spiro atoms. The Balaban J connectivity index is 4.50. The Morgan fingerprint density at radius 2 is 2.07 bits per heavy atom. The van der Waals surface area contributed by atoms with Crippen LogP contribution in [0.2, 0.25) is 0 Å². The van der Waals surface area contributed by atoms with Crippen molar-refractivity contribution in [3.63, 3.8) is 0 Å². The third kappa shape index (κ3) is 4.54. The van der Waals surface area contributed by atoms with Crippen LogP contribution in [0.4, 0.5) is 8.78 Å². The molecule has 0 amide bonds. The van der Waals surface area contributed by atoms with E-state index in [0.29, 0.717) is 6.26 Å². The molecular formula is C8H10F2O4. The molecule has 0 aromatic carbocycles. The number of hydrogen-bond donors (Lipinski definition) is 1. The number of carboxylic acids is 1. The van der Waals surface area contributed by atoms with Gasteiger partial charge >= 0.3 is 5.97 Å². The maximum absolute atomic E-state index is 11.7. The second kappa shape index (κ2) is 6.06.